The van der Waals surface area contributed by atoms with Crippen molar-refractivity contribution in [3.05, 3.63) is 59.4 Å². The minimum atomic E-state index is -3.31. The van der Waals surface area contributed by atoms with E-state index in [1.54, 1.807) is 38.2 Å². The highest BCUT2D eigenvalue weighted by Gasteiger charge is 2.41. The Morgan fingerprint density at radius 3 is 2.83 bits per heavy atom. The molecule has 0 fully saturated rings. The van der Waals surface area contributed by atoms with Crippen molar-refractivity contribution in [1.82, 2.24) is 10.3 Å². The van der Waals surface area contributed by atoms with E-state index in [2.05, 4.69) is 26.7 Å². The second kappa shape index (κ2) is 7.85. The van der Waals surface area contributed by atoms with Crippen LogP contribution in [0.5, 0.6) is 0 Å². The van der Waals surface area contributed by atoms with Gasteiger partial charge in [0.1, 0.15) is 11.7 Å². The van der Waals surface area contributed by atoms with Crippen LogP contribution >= 0.6 is 0 Å². The van der Waals surface area contributed by atoms with E-state index in [9.17, 15) is 13.5 Å². The first-order valence-electron chi connectivity index (χ1n) is 10.1. The third kappa shape index (κ3) is 3.73. The van der Waals surface area contributed by atoms with Crippen molar-refractivity contribution in [1.29, 1.82) is 0 Å². The van der Waals surface area contributed by atoms with E-state index in [4.69, 9.17) is 0 Å². The molecule has 8 heteroatoms. The lowest BCUT2D eigenvalue weighted by Crippen LogP contribution is -2.44. The minimum Gasteiger partial charge on any atom is -0.392 e. The Balaban J connectivity index is 1.81. The number of amidine groups is 1. The molecule has 0 amide bonds. The number of hydrogen-bond acceptors (Lipinski definition) is 7. The highest BCUT2D eigenvalue weighted by atomic mass is 32.2. The van der Waals surface area contributed by atoms with Crippen LogP contribution in [0.2, 0.25) is 0 Å². The van der Waals surface area contributed by atoms with Gasteiger partial charge >= 0.3 is 0 Å². The second-order valence-corrected chi connectivity index (χ2v) is 10.1. The zero-order chi connectivity index (χ0) is 21.5. The van der Waals surface area contributed by atoms with Gasteiger partial charge in [-0.05, 0) is 42.7 Å². The Labute approximate surface area is 176 Å². The van der Waals surface area contributed by atoms with Crippen molar-refractivity contribution in [3.63, 3.8) is 0 Å². The molecule has 3 N–H and O–H groups in total. The Morgan fingerprint density at radius 1 is 1.30 bits per heavy atom. The van der Waals surface area contributed by atoms with Crippen molar-refractivity contribution in [2.45, 2.75) is 43.7 Å². The number of anilines is 1. The molecule has 7 nitrogen and oxygen atoms in total. The number of hydrogen-bond donors (Lipinski definition) is 3. The first-order chi connectivity index (χ1) is 14.3. The predicted molar refractivity (Wildman–Crippen MR) is 118 cm³/mol. The highest BCUT2D eigenvalue weighted by Crippen LogP contribution is 2.45. The number of aliphatic hydroxyl groups excluding tert-OH is 1. The van der Waals surface area contributed by atoms with Crippen LogP contribution in [0.25, 0.3) is 5.57 Å². The number of aryl methyl sites for hydroxylation is 1. The molecule has 0 saturated carbocycles. The fourth-order valence-electron chi connectivity index (χ4n) is 3.93. The van der Waals surface area contributed by atoms with E-state index < -0.39 is 15.9 Å². The number of aliphatic hydroxyl groups is 1. The van der Waals surface area contributed by atoms with Crippen LogP contribution in [0.3, 0.4) is 0 Å². The summed E-state index contributed by atoms with van der Waals surface area (Å²) < 4.78 is 24.8. The average molecular weight is 427 g/mol. The molecule has 1 aromatic carbocycles. The van der Waals surface area contributed by atoms with Gasteiger partial charge in [0.2, 0.25) is 0 Å². The van der Waals surface area contributed by atoms with Crippen LogP contribution in [0.4, 0.5) is 5.82 Å². The maximum absolute atomic E-state index is 12.4. The molecular formula is C22H26N4O3S. The molecule has 158 valence electrons. The Kier molecular flexibility index (Phi) is 5.38. The van der Waals surface area contributed by atoms with Crippen LogP contribution in [-0.2, 0) is 9.84 Å². The number of sulfone groups is 1. The number of rotatable bonds is 5. The van der Waals surface area contributed by atoms with E-state index in [0.29, 0.717) is 11.4 Å². The quantitative estimate of drug-likeness (QED) is 0.679. The van der Waals surface area contributed by atoms with Gasteiger partial charge in [-0.3, -0.25) is 0 Å². The predicted octanol–water partition coefficient (Wildman–Crippen LogP) is 2.48. The first kappa shape index (κ1) is 20.6. The molecule has 1 aromatic heterocycles. The van der Waals surface area contributed by atoms with Crippen LogP contribution in [-0.4, -0.2) is 48.8 Å². The lowest BCUT2D eigenvalue weighted by Gasteiger charge is -2.29. The smallest absolute Gasteiger partial charge is 0.178 e. The van der Waals surface area contributed by atoms with Gasteiger partial charge in [-0.2, -0.15) is 0 Å². The number of pyridine rings is 1. The molecule has 0 aliphatic carbocycles. The molecule has 30 heavy (non-hydrogen) atoms. The fraction of sp³-hybridized carbons (Fsp3) is 0.364. The first-order valence-corrected chi connectivity index (χ1v) is 11.7. The van der Waals surface area contributed by atoms with Gasteiger partial charge in [0, 0.05) is 30.4 Å². The number of fused-ring (bicyclic) bond motifs is 3. The lowest BCUT2D eigenvalue weighted by molar-refractivity contribution is 0.197. The molecule has 0 radical (unpaired) electrons. The normalized spacial score (nSPS) is 21.1. The van der Waals surface area contributed by atoms with Crippen molar-refractivity contribution in [3.8, 4) is 0 Å². The standard InChI is InChI=1S/C22H26N4O3S/c1-4-30(28,29)16-7-5-6-15(9-16)18-12-25-22(24-11-14(3)27)20-19(18)17-8-13(2)10-23-21(17)26-20/h5-10,12,14,19-20,27H,4,11H2,1-3H3,(H,23,26)(H,24,25)/t14-,19?,20?/m1/s1. The number of aliphatic imine (C=N–C) groups is 1. The van der Waals surface area contributed by atoms with Gasteiger partial charge in [0.05, 0.1) is 22.8 Å². The monoisotopic (exact) mass is 426 g/mol. The van der Waals surface area contributed by atoms with Gasteiger partial charge < -0.3 is 15.7 Å². The maximum atomic E-state index is 12.4. The van der Waals surface area contributed by atoms with Gasteiger partial charge in [-0.15, -0.1) is 0 Å². The number of benzene rings is 1. The van der Waals surface area contributed by atoms with Crippen molar-refractivity contribution >= 4 is 27.1 Å². The Morgan fingerprint density at radius 2 is 2.10 bits per heavy atom. The van der Waals surface area contributed by atoms with E-state index in [0.717, 1.165) is 33.9 Å². The third-order valence-corrected chi connectivity index (χ3v) is 7.20. The molecule has 0 saturated heterocycles. The summed E-state index contributed by atoms with van der Waals surface area (Å²) in [7, 11) is -3.31. The molecule has 2 aliphatic rings. The zero-order valence-electron chi connectivity index (χ0n) is 17.3. The molecular weight excluding hydrogens is 400 g/mol. The summed E-state index contributed by atoms with van der Waals surface area (Å²) in [6.45, 7) is 5.76. The second-order valence-electron chi connectivity index (χ2n) is 7.81. The average Bonchev–Trinajstić information content (AvgIpc) is 3.11. The molecule has 3 heterocycles. The Hall–Kier alpha value is -2.71. The van der Waals surface area contributed by atoms with Gasteiger partial charge in [-0.25, -0.2) is 18.4 Å². The topological polar surface area (TPSA) is 104 Å². The van der Waals surface area contributed by atoms with Crippen molar-refractivity contribution < 1.29 is 13.5 Å². The van der Waals surface area contributed by atoms with Gasteiger partial charge in [0.15, 0.2) is 9.84 Å². The molecule has 4 rings (SSSR count). The SMILES string of the molecule is CCS(=O)(=O)c1cccc(C2=CN=C(NC[C@@H](C)O)C3Nc4ncc(C)cc4C23)c1. The third-order valence-electron chi connectivity index (χ3n) is 5.47. The molecule has 3 atom stereocenters. The number of nitrogens with zero attached hydrogens (tertiary/aromatic N) is 2. The Bertz CT molecular complexity index is 1140. The van der Waals surface area contributed by atoms with Crippen LogP contribution in [0.15, 0.2) is 52.6 Å². The van der Waals surface area contributed by atoms with Crippen LogP contribution < -0.4 is 10.6 Å². The summed E-state index contributed by atoms with van der Waals surface area (Å²) >= 11 is 0. The lowest BCUT2D eigenvalue weighted by atomic mass is 9.82. The van der Waals surface area contributed by atoms with Crippen molar-refractivity contribution in [2.24, 2.45) is 4.99 Å². The highest BCUT2D eigenvalue weighted by molar-refractivity contribution is 7.91. The summed E-state index contributed by atoms with van der Waals surface area (Å²) in [4.78, 5) is 9.47. The van der Waals surface area contributed by atoms with Gasteiger partial charge in [0.25, 0.3) is 0 Å². The van der Waals surface area contributed by atoms with E-state index in [-0.39, 0.29) is 17.7 Å². The summed E-state index contributed by atoms with van der Waals surface area (Å²) in [5.41, 5.74) is 3.88. The summed E-state index contributed by atoms with van der Waals surface area (Å²) in [5.74, 6) is 1.52. The van der Waals surface area contributed by atoms with E-state index >= 15 is 0 Å². The van der Waals surface area contributed by atoms with E-state index in [1.165, 1.54) is 0 Å². The fourth-order valence-corrected chi connectivity index (χ4v) is 4.86. The molecule has 0 spiro atoms. The van der Waals surface area contributed by atoms with E-state index in [1.807, 2.05) is 19.2 Å². The largest absolute Gasteiger partial charge is 0.392 e. The zero-order valence-corrected chi connectivity index (χ0v) is 18.1. The summed E-state index contributed by atoms with van der Waals surface area (Å²) in [5, 5.41) is 16.3. The van der Waals surface area contributed by atoms with Crippen molar-refractivity contribution in [2.75, 3.05) is 17.6 Å². The molecule has 2 aliphatic heterocycles. The summed E-state index contributed by atoms with van der Waals surface area (Å²) in [6.07, 6.45) is 3.11. The number of nitrogens with one attached hydrogen (secondary N) is 2. The van der Waals surface area contributed by atoms with Gasteiger partial charge in [-0.1, -0.05) is 25.1 Å². The minimum absolute atomic E-state index is 0.0562. The molecule has 2 unspecified atom stereocenters. The van der Waals surface area contributed by atoms with Crippen LogP contribution in [0, 0.1) is 6.92 Å². The summed E-state index contributed by atoms with van der Waals surface area (Å²) in [6, 6.07) is 9.00. The van der Waals surface area contributed by atoms with Crippen LogP contribution in [0.1, 0.15) is 36.5 Å². The maximum Gasteiger partial charge on any atom is 0.178 e. The number of aromatic nitrogens is 1. The molecule has 0 bridgehead atoms. The molecule has 2 aromatic rings.